The lowest BCUT2D eigenvalue weighted by Crippen LogP contribution is -2.44. The number of carbonyl (C=O) groups excluding carboxylic acids is 2. The molecule has 2 heterocycles. The highest BCUT2D eigenvalue weighted by atomic mass is 16.6. The topological polar surface area (TPSA) is 132 Å². The van der Waals surface area contributed by atoms with Crippen LogP contribution in [-0.2, 0) is 20.7 Å². The molecule has 10 nitrogen and oxygen atoms in total. The monoisotopic (exact) mass is 499 g/mol. The number of pyridine rings is 1. The number of benzene rings is 1. The minimum absolute atomic E-state index is 0.164. The average molecular weight is 500 g/mol. The molecule has 1 aliphatic rings. The van der Waals surface area contributed by atoms with Crippen LogP contribution in [0.4, 0.5) is 10.6 Å². The first-order valence-electron chi connectivity index (χ1n) is 11.9. The number of anilines is 1. The summed E-state index contributed by atoms with van der Waals surface area (Å²) in [6.07, 6.45) is 1.24. The van der Waals surface area contributed by atoms with Crippen molar-refractivity contribution < 1.29 is 33.7 Å². The number of nitrogens with zero attached hydrogens (tertiary/aromatic N) is 2. The van der Waals surface area contributed by atoms with Crippen LogP contribution in [0.2, 0.25) is 0 Å². The predicted molar refractivity (Wildman–Crippen MR) is 132 cm³/mol. The Morgan fingerprint density at radius 1 is 1.25 bits per heavy atom. The standard InChI is InChI=1S/C26H33N3O7/c1-17-21-16-20(10-9-18(21)14-19(15-23(30)31)24(32)27-17)35-13-7-11-28(25(33)36-26(2,3)4)22-8-5-6-12-29(22)34/h5-6,8-10,12,16-17,19H,7,11,13-15H2,1-4H3,(H,27,32)(H,30,31). The molecule has 2 atom stereocenters. The number of nitrogens with one attached hydrogen (secondary N) is 1. The molecule has 194 valence electrons. The predicted octanol–water partition coefficient (Wildman–Crippen LogP) is 3.35. The number of ether oxygens (including phenoxy) is 2. The second kappa shape index (κ2) is 11.3. The molecule has 1 aromatic carbocycles. The number of fused-ring (bicyclic) bond motifs is 1. The lowest BCUT2D eigenvalue weighted by Gasteiger charge is -2.23. The highest BCUT2D eigenvalue weighted by Crippen LogP contribution is 2.30. The van der Waals surface area contributed by atoms with Gasteiger partial charge >= 0.3 is 12.1 Å². The Morgan fingerprint density at radius 2 is 2.00 bits per heavy atom. The van der Waals surface area contributed by atoms with Gasteiger partial charge < -0.3 is 25.1 Å². The highest BCUT2D eigenvalue weighted by molar-refractivity contribution is 5.86. The number of hydrogen-bond donors (Lipinski definition) is 2. The molecular formula is C26H33N3O7. The molecular weight excluding hydrogens is 466 g/mol. The molecule has 2 amide bonds. The van der Waals surface area contributed by atoms with Crippen LogP contribution in [0.1, 0.15) is 57.7 Å². The van der Waals surface area contributed by atoms with E-state index in [0.29, 0.717) is 23.3 Å². The van der Waals surface area contributed by atoms with Gasteiger partial charge in [0.05, 0.1) is 31.2 Å². The van der Waals surface area contributed by atoms with E-state index in [1.54, 1.807) is 45.0 Å². The van der Waals surface area contributed by atoms with Crippen molar-refractivity contribution in [3.05, 3.63) is 58.9 Å². The summed E-state index contributed by atoms with van der Waals surface area (Å²) < 4.78 is 12.0. The highest BCUT2D eigenvalue weighted by Gasteiger charge is 2.31. The molecule has 1 aliphatic heterocycles. The van der Waals surface area contributed by atoms with Crippen molar-refractivity contribution in [3.8, 4) is 5.75 Å². The van der Waals surface area contributed by atoms with Crippen LogP contribution in [0.3, 0.4) is 0 Å². The van der Waals surface area contributed by atoms with Gasteiger partial charge in [0.15, 0.2) is 0 Å². The smallest absolute Gasteiger partial charge is 0.507 e. The van der Waals surface area contributed by atoms with Crippen molar-refractivity contribution in [2.45, 2.75) is 58.6 Å². The lowest BCUT2D eigenvalue weighted by molar-refractivity contribution is -0.591. The molecule has 3 rings (SSSR count). The maximum atomic E-state index is 12.8. The normalized spacial score (nSPS) is 17.4. The molecule has 10 heteroatoms. The van der Waals surface area contributed by atoms with Crippen LogP contribution in [0.15, 0.2) is 42.6 Å². The fourth-order valence-corrected chi connectivity index (χ4v) is 4.05. The van der Waals surface area contributed by atoms with Gasteiger partial charge in [-0.25, -0.2) is 4.73 Å². The SMILES string of the molecule is CC1NC(=O)C(CC(=O)O)Cc2ccc(OCCCN(C(=O)OC(C)(C)C)c3cccc[n+]3[O-])cc21. The van der Waals surface area contributed by atoms with Gasteiger partial charge in [-0.05, 0) is 63.4 Å². The maximum Gasteiger partial charge on any atom is 0.507 e. The van der Waals surface area contributed by atoms with Gasteiger partial charge in [0.1, 0.15) is 17.9 Å². The molecule has 0 aliphatic carbocycles. The van der Waals surface area contributed by atoms with Crippen molar-refractivity contribution in [3.63, 3.8) is 0 Å². The van der Waals surface area contributed by atoms with Crippen molar-refractivity contribution in [1.29, 1.82) is 0 Å². The largest absolute Gasteiger partial charge is 0.711 e. The molecule has 0 fully saturated rings. The summed E-state index contributed by atoms with van der Waals surface area (Å²) >= 11 is 0. The Labute approximate surface area is 210 Å². The van der Waals surface area contributed by atoms with Crippen LogP contribution in [0.25, 0.3) is 0 Å². The molecule has 2 N–H and O–H groups in total. The molecule has 0 spiro atoms. The summed E-state index contributed by atoms with van der Waals surface area (Å²) in [6.45, 7) is 7.60. The van der Waals surface area contributed by atoms with E-state index in [9.17, 15) is 19.6 Å². The first-order valence-corrected chi connectivity index (χ1v) is 11.9. The van der Waals surface area contributed by atoms with Crippen LogP contribution >= 0.6 is 0 Å². The lowest BCUT2D eigenvalue weighted by atomic mass is 9.93. The minimum atomic E-state index is -1.01. The van der Waals surface area contributed by atoms with Gasteiger partial charge in [0.25, 0.3) is 5.82 Å². The molecule has 0 bridgehead atoms. The van der Waals surface area contributed by atoms with Crippen molar-refractivity contribution in [1.82, 2.24) is 5.32 Å². The molecule has 0 radical (unpaired) electrons. The van der Waals surface area contributed by atoms with E-state index in [2.05, 4.69) is 5.32 Å². The Balaban J connectivity index is 1.66. The summed E-state index contributed by atoms with van der Waals surface area (Å²) in [4.78, 5) is 37.6. The number of carboxylic acids is 1. The number of amides is 2. The van der Waals surface area contributed by atoms with Gasteiger partial charge in [-0.1, -0.05) is 12.1 Å². The van der Waals surface area contributed by atoms with E-state index in [0.717, 1.165) is 11.1 Å². The second-order valence-corrected chi connectivity index (χ2v) is 9.81. The van der Waals surface area contributed by atoms with E-state index >= 15 is 0 Å². The third-order valence-electron chi connectivity index (χ3n) is 5.69. The van der Waals surface area contributed by atoms with Gasteiger partial charge in [0, 0.05) is 12.5 Å². The Hall–Kier alpha value is -3.82. The molecule has 2 aromatic rings. The maximum absolute atomic E-state index is 12.8. The van der Waals surface area contributed by atoms with Crippen molar-refractivity contribution in [2.75, 3.05) is 18.1 Å². The molecule has 36 heavy (non-hydrogen) atoms. The van der Waals surface area contributed by atoms with Crippen LogP contribution in [-0.4, -0.2) is 41.8 Å². The minimum Gasteiger partial charge on any atom is -0.711 e. The zero-order valence-electron chi connectivity index (χ0n) is 21.0. The van der Waals surface area contributed by atoms with E-state index in [1.165, 1.54) is 11.1 Å². The van der Waals surface area contributed by atoms with Crippen LogP contribution in [0.5, 0.6) is 5.75 Å². The zero-order valence-corrected chi connectivity index (χ0v) is 21.0. The second-order valence-electron chi connectivity index (χ2n) is 9.81. The number of aromatic nitrogens is 1. The van der Waals surface area contributed by atoms with Crippen LogP contribution in [0, 0.1) is 11.1 Å². The Bertz CT molecular complexity index is 1110. The summed E-state index contributed by atoms with van der Waals surface area (Å²) in [6, 6.07) is 10.0. The molecule has 0 saturated carbocycles. The third-order valence-corrected chi connectivity index (χ3v) is 5.69. The summed E-state index contributed by atoms with van der Waals surface area (Å²) in [5, 5.41) is 24.2. The van der Waals surface area contributed by atoms with E-state index < -0.39 is 23.6 Å². The number of carboxylic acid groups (broad SMARTS) is 1. The van der Waals surface area contributed by atoms with E-state index in [-0.39, 0.29) is 37.3 Å². The average Bonchev–Trinajstić information content (AvgIpc) is 2.89. The number of hydrogen-bond acceptors (Lipinski definition) is 6. The van der Waals surface area contributed by atoms with Gasteiger partial charge in [-0.3, -0.25) is 9.59 Å². The fourth-order valence-electron chi connectivity index (χ4n) is 4.05. The quantitative estimate of drug-likeness (QED) is 0.323. The van der Waals surface area contributed by atoms with E-state index in [4.69, 9.17) is 14.6 Å². The number of aliphatic carboxylic acids is 1. The Kier molecular flexibility index (Phi) is 8.39. The van der Waals surface area contributed by atoms with Crippen molar-refractivity contribution in [2.24, 2.45) is 5.92 Å². The first-order chi connectivity index (χ1) is 16.9. The fraction of sp³-hybridized carbons (Fsp3) is 0.462. The summed E-state index contributed by atoms with van der Waals surface area (Å²) in [5.74, 6) is -1.16. The number of carbonyl (C=O) groups is 3. The van der Waals surface area contributed by atoms with Gasteiger partial charge in [-0.2, -0.15) is 9.69 Å². The van der Waals surface area contributed by atoms with Gasteiger partial charge in [0.2, 0.25) is 5.91 Å². The first kappa shape index (κ1) is 26.8. The van der Waals surface area contributed by atoms with E-state index in [1.807, 2.05) is 19.1 Å². The number of rotatable bonds is 8. The summed E-state index contributed by atoms with van der Waals surface area (Å²) in [7, 11) is 0. The van der Waals surface area contributed by atoms with Crippen molar-refractivity contribution >= 4 is 23.8 Å². The summed E-state index contributed by atoms with van der Waals surface area (Å²) in [5.41, 5.74) is 1.06. The third kappa shape index (κ3) is 7.10. The zero-order chi connectivity index (χ0) is 26.5. The Morgan fingerprint density at radius 3 is 2.67 bits per heavy atom. The molecule has 2 unspecified atom stereocenters. The molecule has 1 aromatic heterocycles. The molecule has 0 saturated heterocycles. The van der Waals surface area contributed by atoms with Crippen LogP contribution < -0.4 is 19.7 Å². The van der Waals surface area contributed by atoms with Gasteiger partial charge in [-0.15, -0.1) is 0 Å².